The Labute approximate surface area is 191 Å². The van der Waals surface area contributed by atoms with E-state index in [0.29, 0.717) is 16.6 Å². The zero-order valence-electron chi connectivity index (χ0n) is 17.8. The number of aliphatic hydroxyl groups is 2. The molecule has 1 fully saturated rings. The monoisotopic (exact) mass is 457 g/mol. The summed E-state index contributed by atoms with van der Waals surface area (Å²) in [4.78, 5) is 19.1. The van der Waals surface area contributed by atoms with Crippen molar-refractivity contribution in [1.82, 2.24) is 5.06 Å². The second kappa shape index (κ2) is 9.03. The average Bonchev–Trinajstić information content (AvgIpc) is 3.19. The van der Waals surface area contributed by atoms with Crippen LogP contribution in [-0.4, -0.2) is 65.0 Å². The number of rotatable bonds is 2. The van der Waals surface area contributed by atoms with Crippen LogP contribution < -0.4 is 4.74 Å². The molecule has 5 atom stereocenters. The summed E-state index contributed by atoms with van der Waals surface area (Å²) in [6.07, 6.45) is -1.18. The zero-order chi connectivity index (χ0) is 22.2. The van der Waals surface area contributed by atoms with Crippen LogP contribution in [0.5, 0.6) is 5.75 Å². The van der Waals surface area contributed by atoms with Crippen LogP contribution in [0.2, 0.25) is 0 Å². The molecule has 3 aliphatic heterocycles. The van der Waals surface area contributed by atoms with Crippen LogP contribution >= 0.6 is 11.8 Å². The van der Waals surface area contributed by atoms with Gasteiger partial charge in [0.25, 0.3) is 5.91 Å². The Morgan fingerprint density at radius 1 is 1.19 bits per heavy atom. The van der Waals surface area contributed by atoms with Gasteiger partial charge in [-0.3, -0.25) is 9.63 Å². The second-order valence-corrected chi connectivity index (χ2v) is 9.92. The van der Waals surface area contributed by atoms with Crippen molar-refractivity contribution in [2.24, 2.45) is 0 Å². The van der Waals surface area contributed by atoms with Gasteiger partial charge in [-0.15, -0.1) is 11.8 Å². The lowest BCUT2D eigenvalue weighted by Gasteiger charge is -2.37. The van der Waals surface area contributed by atoms with E-state index in [0.717, 1.165) is 23.5 Å². The molecule has 1 amide bonds. The Morgan fingerprint density at radius 3 is 2.88 bits per heavy atom. The number of hydroxylamine groups is 2. The highest BCUT2D eigenvalue weighted by Gasteiger charge is 2.40. The van der Waals surface area contributed by atoms with E-state index < -0.39 is 24.4 Å². The first kappa shape index (κ1) is 21.7. The van der Waals surface area contributed by atoms with Crippen LogP contribution in [0.1, 0.15) is 29.2 Å². The molecule has 1 saturated heterocycles. The summed E-state index contributed by atoms with van der Waals surface area (Å²) in [6.45, 7) is -0.0822. The maximum Gasteiger partial charge on any atom is 0.283 e. The van der Waals surface area contributed by atoms with E-state index in [4.69, 9.17) is 14.3 Å². The molecule has 4 unspecified atom stereocenters. The van der Waals surface area contributed by atoms with Crippen molar-refractivity contribution >= 4 is 17.7 Å². The highest BCUT2D eigenvalue weighted by Crippen LogP contribution is 2.41. The molecule has 3 aliphatic rings. The standard InChI is InChI=1S/C24H27NO6S/c1-25-22(27)13-29-20-7-6-14(8-17-10-15-4-2-3-5-21(15)32-17)9-18(20)24-23(28)19(26)11-16(31-24)12-30-25/h2-7,9,16-17,19,23-24,26,28H,8,10-13H2,1H3/t16?,17?,19?,23-,24?/m1/s1. The lowest BCUT2D eigenvalue weighted by molar-refractivity contribution is -0.220. The highest BCUT2D eigenvalue weighted by molar-refractivity contribution is 8.00. The summed E-state index contributed by atoms with van der Waals surface area (Å²) < 4.78 is 11.9. The number of fused-ring (bicyclic) bond motifs is 5. The van der Waals surface area contributed by atoms with Crippen LogP contribution in [0.4, 0.5) is 0 Å². The molecular weight excluding hydrogens is 430 g/mol. The third kappa shape index (κ3) is 4.38. The summed E-state index contributed by atoms with van der Waals surface area (Å²) >= 11 is 1.89. The lowest BCUT2D eigenvalue weighted by Crippen LogP contribution is -2.45. The van der Waals surface area contributed by atoms with Gasteiger partial charge in [-0.05, 0) is 42.2 Å². The number of nitrogens with zero attached hydrogens (tertiary/aromatic N) is 1. The number of amides is 1. The van der Waals surface area contributed by atoms with Gasteiger partial charge in [0.05, 0.1) is 12.2 Å². The summed E-state index contributed by atoms with van der Waals surface area (Å²) in [5.41, 5.74) is 3.12. The number of hydrogen-bond donors (Lipinski definition) is 2. The molecule has 8 heteroatoms. The predicted molar refractivity (Wildman–Crippen MR) is 118 cm³/mol. The van der Waals surface area contributed by atoms with Gasteiger partial charge in [-0.25, -0.2) is 5.06 Å². The molecule has 0 saturated carbocycles. The van der Waals surface area contributed by atoms with E-state index in [1.807, 2.05) is 30.0 Å². The third-order valence-electron chi connectivity index (χ3n) is 6.26. The van der Waals surface area contributed by atoms with Crippen LogP contribution in [-0.2, 0) is 27.2 Å². The number of carbonyl (C=O) groups excluding carboxylic acids is 1. The topological polar surface area (TPSA) is 88.5 Å². The van der Waals surface area contributed by atoms with Gasteiger partial charge in [0.2, 0.25) is 0 Å². The Balaban J connectivity index is 1.43. The summed E-state index contributed by atoms with van der Waals surface area (Å²) in [5.74, 6) is 0.148. The van der Waals surface area contributed by atoms with Gasteiger partial charge in [0.1, 0.15) is 24.6 Å². The number of carbonyl (C=O) groups is 1. The smallest absolute Gasteiger partial charge is 0.283 e. The highest BCUT2D eigenvalue weighted by atomic mass is 32.2. The molecule has 0 aliphatic carbocycles. The van der Waals surface area contributed by atoms with E-state index in [1.54, 1.807) is 0 Å². The fraction of sp³-hybridized carbons (Fsp3) is 0.458. The first-order valence-corrected chi connectivity index (χ1v) is 11.8. The number of likely N-dealkylation sites (N-methyl/N-ethyl adjacent to an activating group) is 1. The number of thioether (sulfide) groups is 1. The summed E-state index contributed by atoms with van der Waals surface area (Å²) in [5, 5.41) is 22.7. The fourth-order valence-electron chi connectivity index (χ4n) is 4.53. The van der Waals surface area contributed by atoms with Crippen molar-refractivity contribution in [2.45, 2.75) is 53.8 Å². The molecule has 2 N–H and O–H groups in total. The van der Waals surface area contributed by atoms with Crippen molar-refractivity contribution in [3.05, 3.63) is 59.2 Å². The van der Waals surface area contributed by atoms with Gasteiger partial charge < -0.3 is 19.7 Å². The Kier molecular flexibility index (Phi) is 6.14. The quantitative estimate of drug-likeness (QED) is 0.715. The summed E-state index contributed by atoms with van der Waals surface area (Å²) in [7, 11) is 1.52. The number of benzene rings is 2. The summed E-state index contributed by atoms with van der Waals surface area (Å²) in [6, 6.07) is 14.3. The molecule has 170 valence electrons. The Hall–Kier alpha value is -2.10. The Bertz CT molecular complexity index is 975. The van der Waals surface area contributed by atoms with Crippen molar-refractivity contribution in [1.29, 1.82) is 0 Å². The SMILES string of the molecule is CN1OCC2CC(O)[C@@H](O)C(O2)c2cc(CC3Cc4ccccc4S3)ccc2OCC1=O. The molecule has 2 aromatic carbocycles. The number of hydrogen-bond acceptors (Lipinski definition) is 7. The van der Waals surface area contributed by atoms with Crippen molar-refractivity contribution < 1.29 is 29.3 Å². The largest absolute Gasteiger partial charge is 0.483 e. The molecule has 0 aromatic heterocycles. The minimum atomic E-state index is -1.09. The maximum atomic E-state index is 12.3. The lowest BCUT2D eigenvalue weighted by atomic mass is 9.91. The normalized spacial score (nSPS) is 30.2. The average molecular weight is 458 g/mol. The van der Waals surface area contributed by atoms with Crippen LogP contribution in [0.3, 0.4) is 0 Å². The third-order valence-corrected chi connectivity index (χ3v) is 7.58. The zero-order valence-corrected chi connectivity index (χ0v) is 18.7. The fourth-order valence-corrected chi connectivity index (χ4v) is 5.88. The maximum absolute atomic E-state index is 12.3. The van der Waals surface area contributed by atoms with Crippen molar-refractivity contribution in [2.75, 3.05) is 20.3 Å². The first-order chi connectivity index (χ1) is 15.5. The Morgan fingerprint density at radius 2 is 2.03 bits per heavy atom. The minimum absolute atomic E-state index is 0.106. The van der Waals surface area contributed by atoms with Gasteiger partial charge in [0, 0.05) is 29.2 Å². The molecular formula is C24H27NO6S. The molecule has 3 heterocycles. The van der Waals surface area contributed by atoms with Gasteiger partial charge in [0.15, 0.2) is 6.61 Å². The van der Waals surface area contributed by atoms with E-state index in [2.05, 4.69) is 24.3 Å². The van der Waals surface area contributed by atoms with Crippen molar-refractivity contribution in [3.63, 3.8) is 0 Å². The molecule has 0 spiro atoms. The van der Waals surface area contributed by atoms with E-state index >= 15 is 0 Å². The van der Waals surface area contributed by atoms with Gasteiger partial charge in [-0.2, -0.15) is 0 Å². The molecule has 2 aromatic rings. The minimum Gasteiger partial charge on any atom is -0.483 e. The first-order valence-electron chi connectivity index (χ1n) is 10.9. The molecule has 2 bridgehead atoms. The number of ether oxygens (including phenoxy) is 2. The van der Waals surface area contributed by atoms with E-state index in [1.165, 1.54) is 17.5 Å². The van der Waals surface area contributed by atoms with Crippen LogP contribution in [0.15, 0.2) is 47.4 Å². The van der Waals surface area contributed by atoms with E-state index in [-0.39, 0.29) is 25.5 Å². The van der Waals surface area contributed by atoms with Gasteiger partial charge >= 0.3 is 0 Å². The van der Waals surface area contributed by atoms with Crippen LogP contribution in [0.25, 0.3) is 0 Å². The second-order valence-electron chi connectivity index (χ2n) is 8.58. The predicted octanol–water partition coefficient (Wildman–Crippen LogP) is 2.28. The van der Waals surface area contributed by atoms with Crippen molar-refractivity contribution in [3.8, 4) is 5.75 Å². The van der Waals surface area contributed by atoms with Gasteiger partial charge in [-0.1, -0.05) is 24.3 Å². The van der Waals surface area contributed by atoms with E-state index in [9.17, 15) is 15.0 Å². The molecule has 0 radical (unpaired) electrons. The molecule has 7 nitrogen and oxygen atoms in total. The van der Waals surface area contributed by atoms with Crippen LogP contribution in [0, 0.1) is 0 Å². The molecule has 5 rings (SSSR count). The number of aliphatic hydroxyl groups excluding tert-OH is 2. The molecule has 32 heavy (non-hydrogen) atoms.